The molecule has 3 fully saturated rings. The van der Waals surface area contributed by atoms with Crippen LogP contribution in [-0.2, 0) is 21.4 Å². The molecule has 2 aromatic rings. The number of rotatable bonds is 5. The topological polar surface area (TPSA) is 51.7 Å². The van der Waals surface area contributed by atoms with Crippen LogP contribution in [0, 0.1) is 24.7 Å². The van der Waals surface area contributed by atoms with Crippen molar-refractivity contribution in [1.82, 2.24) is 9.88 Å². The maximum atomic E-state index is 14.0. The van der Waals surface area contributed by atoms with E-state index < -0.39 is 5.41 Å². The van der Waals surface area contributed by atoms with Gasteiger partial charge in [0.25, 0.3) is 0 Å². The van der Waals surface area contributed by atoms with Crippen LogP contribution in [0.4, 0.5) is 0 Å². The molecule has 1 aromatic heterocycles. The van der Waals surface area contributed by atoms with Gasteiger partial charge in [-0.15, -0.1) is 0 Å². The lowest BCUT2D eigenvalue weighted by molar-refractivity contribution is -0.140. The van der Waals surface area contributed by atoms with Gasteiger partial charge in [-0.05, 0) is 86.1 Å². The number of ether oxygens (including phenoxy) is 2. The number of pyridine rings is 1. The summed E-state index contributed by atoms with van der Waals surface area (Å²) in [4.78, 5) is 20.9. The normalized spacial score (nSPS) is 26.7. The van der Waals surface area contributed by atoms with Crippen LogP contribution in [0.2, 0.25) is 0 Å². The molecule has 170 valence electrons. The van der Waals surface area contributed by atoms with Gasteiger partial charge in [-0.3, -0.25) is 9.78 Å². The molecule has 1 aliphatic carbocycles. The number of carbonyl (C=O) groups excluding carboxylic acids is 1. The second-order valence-electron chi connectivity index (χ2n) is 9.93. The highest BCUT2D eigenvalue weighted by atomic mass is 16.5. The Morgan fingerprint density at radius 2 is 1.91 bits per heavy atom. The number of hydrogen-bond acceptors (Lipinski definition) is 4. The summed E-state index contributed by atoms with van der Waals surface area (Å²) in [7, 11) is 1.68. The Labute approximate surface area is 191 Å². The van der Waals surface area contributed by atoms with Crippen molar-refractivity contribution in [1.29, 1.82) is 0 Å². The standard InChI is InChI=1S/C27H34N2O3/c1-19-3-8-23(28-16-19)15-20-4-5-21-17-29(18-25(20)21)26(30)27(11-13-32-14-12-27)22-6-9-24(31-2)10-7-22/h3,6-10,16,20-21,25H,4-5,11-15,17-18H2,1-2H3/t20-,21-,25-/m1/s1. The SMILES string of the molecule is COc1ccc(C2(C(=O)N3C[C@H]4CC[C@H](Cc5ccc(C)cn5)[C@H]4C3)CCOCC2)cc1. The highest BCUT2D eigenvalue weighted by Crippen LogP contribution is 2.46. The van der Waals surface area contributed by atoms with E-state index in [4.69, 9.17) is 9.47 Å². The van der Waals surface area contributed by atoms with Crippen molar-refractivity contribution in [3.8, 4) is 5.75 Å². The number of aromatic nitrogens is 1. The van der Waals surface area contributed by atoms with Crippen molar-refractivity contribution in [2.75, 3.05) is 33.4 Å². The molecule has 5 heteroatoms. The Bertz CT molecular complexity index is 934. The number of benzene rings is 1. The number of carbonyl (C=O) groups is 1. The van der Waals surface area contributed by atoms with Gasteiger partial charge in [-0.1, -0.05) is 18.2 Å². The third kappa shape index (κ3) is 3.92. The number of fused-ring (bicyclic) bond motifs is 1. The van der Waals surface area contributed by atoms with E-state index in [1.54, 1.807) is 7.11 Å². The predicted molar refractivity (Wildman–Crippen MR) is 124 cm³/mol. The fourth-order valence-electron chi connectivity index (χ4n) is 6.24. The molecule has 0 unspecified atom stereocenters. The van der Waals surface area contributed by atoms with Gasteiger partial charge in [-0.2, -0.15) is 0 Å². The first-order valence-electron chi connectivity index (χ1n) is 12.0. The summed E-state index contributed by atoms with van der Waals surface area (Å²) in [5, 5.41) is 0. The van der Waals surface area contributed by atoms with Crippen molar-refractivity contribution in [3.05, 3.63) is 59.4 Å². The molecule has 0 spiro atoms. The molecular formula is C27H34N2O3. The molecule has 0 radical (unpaired) electrons. The molecule has 0 N–H and O–H groups in total. The van der Waals surface area contributed by atoms with Crippen molar-refractivity contribution in [2.45, 2.75) is 44.4 Å². The summed E-state index contributed by atoms with van der Waals surface area (Å²) in [5.41, 5.74) is 3.02. The fourth-order valence-corrected chi connectivity index (χ4v) is 6.24. The van der Waals surface area contributed by atoms with E-state index in [-0.39, 0.29) is 0 Å². The lowest BCUT2D eigenvalue weighted by Crippen LogP contribution is -2.49. The van der Waals surface area contributed by atoms with E-state index >= 15 is 0 Å². The van der Waals surface area contributed by atoms with Gasteiger partial charge in [0.2, 0.25) is 5.91 Å². The molecule has 3 aliphatic rings. The predicted octanol–water partition coefficient (Wildman–Crippen LogP) is 4.17. The minimum atomic E-state index is -0.475. The molecule has 0 bridgehead atoms. The van der Waals surface area contributed by atoms with Crippen LogP contribution in [0.3, 0.4) is 0 Å². The smallest absolute Gasteiger partial charge is 0.233 e. The zero-order valence-electron chi connectivity index (χ0n) is 19.3. The third-order valence-electron chi connectivity index (χ3n) is 8.13. The first kappa shape index (κ1) is 21.4. The van der Waals surface area contributed by atoms with Gasteiger partial charge in [0, 0.05) is 38.2 Å². The quantitative estimate of drug-likeness (QED) is 0.709. The van der Waals surface area contributed by atoms with Crippen LogP contribution in [0.1, 0.15) is 42.5 Å². The Kier molecular flexibility index (Phi) is 5.93. The summed E-state index contributed by atoms with van der Waals surface area (Å²) >= 11 is 0. The fraction of sp³-hybridized carbons (Fsp3) is 0.556. The van der Waals surface area contributed by atoms with E-state index in [2.05, 4.69) is 41.1 Å². The van der Waals surface area contributed by atoms with Gasteiger partial charge < -0.3 is 14.4 Å². The number of amides is 1. The van der Waals surface area contributed by atoms with Gasteiger partial charge in [0.15, 0.2) is 0 Å². The highest BCUT2D eigenvalue weighted by Gasteiger charge is 2.50. The molecule has 3 heterocycles. The Morgan fingerprint density at radius 3 is 2.59 bits per heavy atom. The maximum absolute atomic E-state index is 14.0. The van der Waals surface area contributed by atoms with Crippen LogP contribution >= 0.6 is 0 Å². The first-order valence-corrected chi connectivity index (χ1v) is 12.0. The van der Waals surface area contributed by atoms with Gasteiger partial charge in [0.05, 0.1) is 12.5 Å². The van der Waals surface area contributed by atoms with Crippen LogP contribution in [-0.4, -0.2) is 49.2 Å². The Balaban J connectivity index is 1.33. The van der Waals surface area contributed by atoms with Crippen LogP contribution < -0.4 is 4.74 Å². The summed E-state index contributed by atoms with van der Waals surface area (Å²) in [6.45, 7) is 5.15. The second-order valence-corrected chi connectivity index (χ2v) is 9.93. The first-order chi connectivity index (χ1) is 15.6. The molecule has 1 amide bonds. The summed E-state index contributed by atoms with van der Waals surface area (Å²) < 4.78 is 11.0. The lowest BCUT2D eigenvalue weighted by Gasteiger charge is -2.39. The summed E-state index contributed by atoms with van der Waals surface area (Å²) in [6, 6.07) is 12.4. The number of hydrogen-bond donors (Lipinski definition) is 0. The molecule has 1 aromatic carbocycles. The number of aryl methyl sites for hydroxylation is 1. The molecule has 32 heavy (non-hydrogen) atoms. The molecule has 2 saturated heterocycles. The minimum absolute atomic E-state index is 0.299. The van der Waals surface area contributed by atoms with Gasteiger partial charge in [0.1, 0.15) is 5.75 Å². The molecule has 5 rings (SSSR count). The Hall–Kier alpha value is -2.40. The highest BCUT2D eigenvalue weighted by molar-refractivity contribution is 5.88. The zero-order chi connectivity index (χ0) is 22.1. The lowest BCUT2D eigenvalue weighted by atomic mass is 9.73. The van der Waals surface area contributed by atoms with E-state index in [0.29, 0.717) is 36.9 Å². The van der Waals surface area contributed by atoms with E-state index in [9.17, 15) is 4.79 Å². The van der Waals surface area contributed by atoms with Gasteiger partial charge in [-0.25, -0.2) is 0 Å². The number of nitrogens with zero attached hydrogens (tertiary/aromatic N) is 2. The van der Waals surface area contributed by atoms with Crippen molar-refractivity contribution in [3.63, 3.8) is 0 Å². The molecule has 1 saturated carbocycles. The summed E-state index contributed by atoms with van der Waals surface area (Å²) in [6.07, 6.45) is 6.98. The van der Waals surface area contributed by atoms with Crippen molar-refractivity contribution < 1.29 is 14.3 Å². The van der Waals surface area contributed by atoms with E-state index in [0.717, 1.165) is 43.7 Å². The molecule has 3 atom stereocenters. The molecule has 2 aliphatic heterocycles. The molecular weight excluding hydrogens is 400 g/mol. The second kappa shape index (κ2) is 8.86. The Morgan fingerprint density at radius 1 is 1.12 bits per heavy atom. The largest absolute Gasteiger partial charge is 0.497 e. The summed E-state index contributed by atoms with van der Waals surface area (Å²) in [5.74, 6) is 2.97. The molecule has 5 nitrogen and oxygen atoms in total. The average molecular weight is 435 g/mol. The average Bonchev–Trinajstić information content (AvgIpc) is 3.42. The number of methoxy groups -OCH3 is 1. The van der Waals surface area contributed by atoms with E-state index in [1.165, 1.54) is 24.1 Å². The van der Waals surface area contributed by atoms with Crippen molar-refractivity contribution in [2.24, 2.45) is 17.8 Å². The third-order valence-corrected chi connectivity index (χ3v) is 8.13. The number of likely N-dealkylation sites (tertiary alicyclic amines) is 1. The minimum Gasteiger partial charge on any atom is -0.497 e. The van der Waals surface area contributed by atoms with Gasteiger partial charge >= 0.3 is 0 Å². The monoisotopic (exact) mass is 434 g/mol. The van der Waals surface area contributed by atoms with Crippen LogP contribution in [0.15, 0.2) is 42.6 Å². The van der Waals surface area contributed by atoms with Crippen molar-refractivity contribution >= 4 is 5.91 Å². The zero-order valence-corrected chi connectivity index (χ0v) is 19.3. The van der Waals surface area contributed by atoms with Crippen LogP contribution in [0.5, 0.6) is 5.75 Å². The maximum Gasteiger partial charge on any atom is 0.233 e. The van der Waals surface area contributed by atoms with E-state index in [1.807, 2.05) is 18.3 Å². The van der Waals surface area contributed by atoms with Crippen LogP contribution in [0.25, 0.3) is 0 Å².